The molecule has 0 radical (unpaired) electrons. The molecule has 13 heteroatoms. The zero-order valence-electron chi connectivity index (χ0n) is 19.6. The molecule has 0 aliphatic heterocycles. The molecule has 0 amide bonds. The van der Waals surface area contributed by atoms with Crippen molar-refractivity contribution in [3.8, 4) is 0 Å². The molecule has 3 unspecified atom stereocenters. The molecular weight excluding hydrogens is 591 g/mol. The Bertz CT molecular complexity index is 1210. The quantitative estimate of drug-likeness (QED) is 0.147. The average molecular weight is 619 g/mol. The van der Waals surface area contributed by atoms with Gasteiger partial charge in [0.05, 0.1) is 12.4 Å². The maximum atomic E-state index is 13.2. The number of fused-ring (bicyclic) bond motifs is 1. The third kappa shape index (κ3) is 5.34. The molecule has 2 aromatic heterocycles. The van der Waals surface area contributed by atoms with E-state index < -0.39 is 27.2 Å². The van der Waals surface area contributed by atoms with Gasteiger partial charge in [0.2, 0.25) is 8.46 Å². The second kappa shape index (κ2) is 11.1. The van der Waals surface area contributed by atoms with Gasteiger partial charge in [-0.05, 0) is 46.2 Å². The van der Waals surface area contributed by atoms with E-state index in [1.54, 1.807) is 44.4 Å². The molecule has 184 valence electrons. The topological polar surface area (TPSA) is 128 Å². The van der Waals surface area contributed by atoms with E-state index in [9.17, 15) is 14.0 Å². The Balaban J connectivity index is 1.98. The van der Waals surface area contributed by atoms with Gasteiger partial charge >= 0.3 is 7.60 Å². The van der Waals surface area contributed by atoms with Crippen molar-refractivity contribution in [3.63, 3.8) is 0 Å². The molecule has 0 saturated carbocycles. The van der Waals surface area contributed by atoms with Crippen molar-refractivity contribution in [2.45, 2.75) is 58.3 Å². The molecule has 34 heavy (non-hydrogen) atoms. The number of benzene rings is 1. The Kier molecular flexibility index (Phi) is 8.81. The molecule has 0 bridgehead atoms. The van der Waals surface area contributed by atoms with Crippen LogP contribution in [0, 0.1) is 3.83 Å². The van der Waals surface area contributed by atoms with E-state index in [0.29, 0.717) is 27.3 Å². The summed E-state index contributed by atoms with van der Waals surface area (Å²) in [6, 6.07) is 6.74. The summed E-state index contributed by atoms with van der Waals surface area (Å²) in [7, 11) is -5.15. The first-order valence-corrected chi connectivity index (χ1v) is 14.3. The summed E-state index contributed by atoms with van der Waals surface area (Å²) in [4.78, 5) is 24.2. The predicted octanol–water partition coefficient (Wildman–Crippen LogP) is 6.19. The van der Waals surface area contributed by atoms with Gasteiger partial charge in [0.25, 0.3) is 5.08 Å². The van der Waals surface area contributed by atoms with Crippen LogP contribution in [0.25, 0.3) is 11.2 Å². The summed E-state index contributed by atoms with van der Waals surface area (Å²) >= 11 is 2.06. The summed E-state index contributed by atoms with van der Waals surface area (Å²) in [5.41, 5.74) is 2.26. The molecule has 0 aliphatic rings. The second-order valence-electron chi connectivity index (χ2n) is 7.94. The van der Waals surface area contributed by atoms with E-state index in [1.165, 1.54) is 0 Å². The van der Waals surface area contributed by atoms with Crippen LogP contribution in [-0.2, 0) is 23.5 Å². The fourth-order valence-electron chi connectivity index (χ4n) is 3.31. The number of hydrogen-bond acceptors (Lipinski definition) is 8. The summed E-state index contributed by atoms with van der Waals surface area (Å²) in [5, 5.41) is 1.20. The summed E-state index contributed by atoms with van der Waals surface area (Å²) < 4.78 is 39.0. The maximum Gasteiger partial charge on any atom is 0.376 e. The zero-order chi connectivity index (χ0) is 25.1. The zero-order valence-corrected chi connectivity index (χ0v) is 23.5. The average Bonchev–Trinajstić information content (AvgIpc) is 3.22. The lowest BCUT2D eigenvalue weighted by Crippen LogP contribution is -2.26. The van der Waals surface area contributed by atoms with Crippen molar-refractivity contribution in [1.82, 2.24) is 19.5 Å². The van der Waals surface area contributed by atoms with Gasteiger partial charge in [-0.25, -0.2) is 15.0 Å². The number of nitrogens with one attached hydrogen (secondary N) is 1. The number of imidazole rings is 1. The molecule has 0 saturated heterocycles. The van der Waals surface area contributed by atoms with E-state index in [4.69, 9.17) is 9.26 Å². The molecule has 0 spiro atoms. The van der Waals surface area contributed by atoms with Crippen LogP contribution < -0.4 is 5.32 Å². The Hall–Kier alpha value is -1.49. The van der Waals surface area contributed by atoms with Gasteiger partial charge in [0, 0.05) is 46.5 Å². The van der Waals surface area contributed by atoms with Gasteiger partial charge in [0.1, 0.15) is 0 Å². The lowest BCUT2D eigenvalue weighted by atomic mass is 10.2. The third-order valence-electron chi connectivity index (χ3n) is 5.22. The minimum Gasteiger partial charge on any atom is -0.349 e. The van der Waals surface area contributed by atoms with Crippen molar-refractivity contribution in [1.29, 1.82) is 0 Å². The van der Waals surface area contributed by atoms with E-state index in [-0.39, 0.29) is 18.2 Å². The highest BCUT2D eigenvalue weighted by molar-refractivity contribution is 14.1. The molecule has 1 aromatic carbocycles. The first-order valence-electron chi connectivity index (χ1n) is 10.9. The molecule has 3 atom stereocenters. The van der Waals surface area contributed by atoms with Crippen molar-refractivity contribution in [2.24, 2.45) is 0 Å². The first kappa shape index (κ1) is 27.1. The van der Waals surface area contributed by atoms with Crippen LogP contribution in [0.4, 0.5) is 11.5 Å². The van der Waals surface area contributed by atoms with Gasteiger partial charge in [-0.15, -0.1) is 0 Å². The van der Waals surface area contributed by atoms with E-state index in [2.05, 4.69) is 42.9 Å². The minimum absolute atomic E-state index is 0.0690. The largest absolute Gasteiger partial charge is 0.376 e. The highest BCUT2D eigenvalue weighted by atomic mass is 127. The maximum absolute atomic E-state index is 13.2. The Morgan fingerprint density at radius 2 is 1.91 bits per heavy atom. The van der Waals surface area contributed by atoms with E-state index >= 15 is 0 Å². The van der Waals surface area contributed by atoms with Crippen LogP contribution in [-0.4, -0.2) is 37.1 Å². The van der Waals surface area contributed by atoms with Crippen molar-refractivity contribution < 1.29 is 23.3 Å². The lowest BCUT2D eigenvalue weighted by Gasteiger charge is -2.32. The monoisotopic (exact) mass is 619 g/mol. The van der Waals surface area contributed by atoms with E-state index in [1.807, 2.05) is 25.3 Å². The lowest BCUT2D eigenvalue weighted by molar-refractivity contribution is 0.0492. The van der Waals surface area contributed by atoms with Gasteiger partial charge in [-0.1, -0.05) is 19.1 Å². The minimum atomic E-state index is -4.47. The number of halogens is 1. The van der Waals surface area contributed by atoms with Gasteiger partial charge in [-0.3, -0.25) is 9.13 Å². The molecule has 0 aliphatic carbocycles. The SMILES string of the molecule is CCOC(P=O)(c1ccc(Nc2nc(I)nc3c2ncn3C(C)C)cc1)P(=O)(O)OC(C)CC. The number of anilines is 2. The van der Waals surface area contributed by atoms with Crippen molar-refractivity contribution in [2.75, 3.05) is 11.9 Å². The molecule has 3 aromatic rings. The number of hydrogen-bond donors (Lipinski definition) is 2. The summed E-state index contributed by atoms with van der Waals surface area (Å²) in [5.74, 6) is 0.535. The fourth-order valence-corrected chi connectivity index (χ4v) is 6.32. The van der Waals surface area contributed by atoms with Crippen LogP contribution in [0.15, 0.2) is 30.6 Å². The van der Waals surface area contributed by atoms with Crippen molar-refractivity contribution >= 4 is 61.3 Å². The second-order valence-corrected chi connectivity index (χ2v) is 12.0. The molecular formula is C21H28IN5O5P2. The standard InChI is InChI=1S/C21H28IN5O5P2/c1-6-14(5)32-34(29,30)21(33-28,31-7-2)15-8-10-16(11-9-15)24-18-17-19(26-20(22)25-18)27(12-23-17)13(3)4/h8-14H,6-7H2,1-5H3,(H,29,30)(H,24,25,26). The summed E-state index contributed by atoms with van der Waals surface area (Å²) in [6.45, 7) is 9.34. The predicted molar refractivity (Wildman–Crippen MR) is 140 cm³/mol. The third-order valence-corrected chi connectivity index (χ3v) is 9.14. The smallest absolute Gasteiger partial charge is 0.349 e. The highest BCUT2D eigenvalue weighted by Gasteiger charge is 2.54. The molecule has 0 fully saturated rings. The number of ether oxygens (including phenoxy) is 1. The molecule has 2 N–H and O–H groups in total. The van der Waals surface area contributed by atoms with E-state index in [0.717, 1.165) is 5.65 Å². The Labute approximate surface area is 213 Å². The van der Waals surface area contributed by atoms with Crippen LogP contribution in [0.2, 0.25) is 0 Å². The van der Waals surface area contributed by atoms with Crippen LogP contribution in [0.1, 0.15) is 52.6 Å². The number of aromatic nitrogens is 4. The van der Waals surface area contributed by atoms with Crippen LogP contribution in [0.3, 0.4) is 0 Å². The van der Waals surface area contributed by atoms with Gasteiger partial charge in [0.15, 0.2) is 20.8 Å². The van der Waals surface area contributed by atoms with Crippen molar-refractivity contribution in [3.05, 3.63) is 40.0 Å². The number of nitrogens with zero attached hydrogens (tertiary/aromatic N) is 4. The number of rotatable bonds is 11. The fraction of sp³-hybridized carbons (Fsp3) is 0.476. The normalized spacial score (nSPS) is 16.5. The Morgan fingerprint density at radius 3 is 2.47 bits per heavy atom. The van der Waals surface area contributed by atoms with Gasteiger partial charge < -0.3 is 24.0 Å². The Morgan fingerprint density at radius 1 is 1.24 bits per heavy atom. The van der Waals surface area contributed by atoms with Crippen LogP contribution >= 0.6 is 38.6 Å². The molecule has 2 heterocycles. The highest BCUT2D eigenvalue weighted by Crippen LogP contribution is 2.67. The summed E-state index contributed by atoms with van der Waals surface area (Å²) in [6.07, 6.45) is 1.74. The molecule has 3 rings (SSSR count). The van der Waals surface area contributed by atoms with Crippen LogP contribution in [0.5, 0.6) is 0 Å². The molecule has 10 nitrogen and oxygen atoms in total. The van der Waals surface area contributed by atoms with Gasteiger partial charge in [-0.2, -0.15) is 0 Å². The first-order chi connectivity index (χ1) is 16.1.